The summed E-state index contributed by atoms with van der Waals surface area (Å²) in [5.41, 5.74) is 12.5. The van der Waals surface area contributed by atoms with Gasteiger partial charge in [-0.05, 0) is 93.6 Å². The number of nitrogens with zero attached hydrogens (tertiary/aromatic N) is 2. The van der Waals surface area contributed by atoms with Gasteiger partial charge in [-0.3, -0.25) is 0 Å². The molecule has 1 aliphatic rings. The van der Waals surface area contributed by atoms with E-state index in [4.69, 9.17) is 0 Å². The highest BCUT2D eigenvalue weighted by atomic mass is 32.1. The molecule has 0 fully saturated rings. The Balaban J connectivity index is 1.07. The Kier molecular flexibility index (Phi) is 6.87. The SMILES string of the molecule is CC1C=Cc2sc3ccccc3c2C1c1ccc(-n2c3ccccc3c3ccc(-c4ccc5c6ccccc6n(-c6ccccc6)c5c4)cc32)c2ccccc12. The minimum absolute atomic E-state index is 0.274. The highest BCUT2D eigenvalue weighted by Gasteiger charge is 2.30. The molecule has 2 nitrogen and oxygen atoms in total. The van der Waals surface area contributed by atoms with Crippen LogP contribution >= 0.6 is 11.3 Å². The van der Waals surface area contributed by atoms with Crippen LogP contribution < -0.4 is 0 Å². The maximum Gasteiger partial charge on any atom is 0.0547 e. The second-order valence-electron chi connectivity index (χ2n) is 15.3. The van der Waals surface area contributed by atoms with Crippen molar-refractivity contribution in [3.05, 3.63) is 198 Å². The molecule has 56 heavy (non-hydrogen) atoms. The lowest BCUT2D eigenvalue weighted by molar-refractivity contribution is 0.628. The number of rotatable bonds is 4. The summed E-state index contributed by atoms with van der Waals surface area (Å²) in [5.74, 6) is 0.653. The summed E-state index contributed by atoms with van der Waals surface area (Å²) in [6.07, 6.45) is 4.77. The topological polar surface area (TPSA) is 9.86 Å². The van der Waals surface area contributed by atoms with Crippen LogP contribution in [0.1, 0.15) is 28.8 Å². The van der Waals surface area contributed by atoms with E-state index in [2.05, 4.69) is 204 Å². The molecule has 0 aliphatic heterocycles. The predicted octanol–water partition coefficient (Wildman–Crippen LogP) is 14.7. The number of thiophene rings is 1. The number of hydrogen-bond acceptors (Lipinski definition) is 1. The first-order valence-electron chi connectivity index (χ1n) is 19.6. The first-order valence-corrected chi connectivity index (χ1v) is 20.4. The molecule has 3 heterocycles. The molecule has 1 aliphatic carbocycles. The molecule has 0 bridgehead atoms. The second-order valence-corrected chi connectivity index (χ2v) is 16.4. The van der Waals surface area contributed by atoms with Crippen molar-refractivity contribution in [2.45, 2.75) is 12.8 Å². The van der Waals surface area contributed by atoms with Crippen molar-refractivity contribution in [1.82, 2.24) is 9.13 Å². The molecule has 3 heteroatoms. The smallest absolute Gasteiger partial charge is 0.0547 e. The molecule has 8 aromatic carbocycles. The van der Waals surface area contributed by atoms with Crippen LogP contribution in [0.5, 0.6) is 0 Å². The summed E-state index contributed by atoms with van der Waals surface area (Å²) in [6, 6.07) is 65.2. The van der Waals surface area contributed by atoms with Gasteiger partial charge in [0.2, 0.25) is 0 Å². The number of aromatic nitrogens is 2. The van der Waals surface area contributed by atoms with Gasteiger partial charge < -0.3 is 9.13 Å². The standard InChI is InChI=1S/C53H36N2S/c1-33-23-30-51-53(44-19-9-12-22-50(44)56-51)52(33)43-28-29-47(38-16-6-5-15-37(38)43)55-46-21-11-8-18-40(46)42-27-25-35(32-49(42)55)34-24-26-41-39-17-7-10-20-45(39)54(48(41)31-34)36-13-3-2-4-14-36/h2-33,52H,1H3. The van der Waals surface area contributed by atoms with Gasteiger partial charge in [-0.25, -0.2) is 0 Å². The van der Waals surface area contributed by atoms with Gasteiger partial charge in [0.05, 0.1) is 27.8 Å². The van der Waals surface area contributed by atoms with Gasteiger partial charge in [-0.1, -0.05) is 140 Å². The fourth-order valence-electron chi connectivity index (χ4n) is 9.77. The molecule has 11 aromatic rings. The van der Waals surface area contributed by atoms with E-state index in [0.29, 0.717) is 5.92 Å². The zero-order valence-corrected chi connectivity index (χ0v) is 31.7. The molecule has 0 saturated heterocycles. The predicted molar refractivity (Wildman–Crippen MR) is 240 cm³/mol. The Morgan fingerprint density at radius 1 is 0.446 bits per heavy atom. The number of para-hydroxylation sites is 3. The van der Waals surface area contributed by atoms with Gasteiger partial charge in [0.15, 0.2) is 0 Å². The van der Waals surface area contributed by atoms with Crippen molar-refractivity contribution in [2.75, 3.05) is 0 Å². The highest BCUT2D eigenvalue weighted by Crippen LogP contribution is 2.49. The van der Waals surface area contributed by atoms with E-state index in [1.54, 1.807) is 0 Å². The number of allylic oxidation sites excluding steroid dienone is 1. The summed E-state index contributed by atoms with van der Waals surface area (Å²) < 4.78 is 6.28. The molecule has 0 radical (unpaired) electrons. The van der Waals surface area contributed by atoms with Crippen molar-refractivity contribution in [2.24, 2.45) is 5.92 Å². The van der Waals surface area contributed by atoms with Crippen molar-refractivity contribution in [1.29, 1.82) is 0 Å². The van der Waals surface area contributed by atoms with Gasteiger partial charge in [0, 0.05) is 48.1 Å². The Morgan fingerprint density at radius 2 is 1.00 bits per heavy atom. The zero-order valence-electron chi connectivity index (χ0n) is 30.9. The monoisotopic (exact) mass is 732 g/mol. The third-order valence-corrected chi connectivity index (χ3v) is 13.4. The molecule has 3 aromatic heterocycles. The van der Waals surface area contributed by atoms with E-state index in [1.807, 2.05) is 11.3 Å². The quantitative estimate of drug-likeness (QED) is 0.170. The van der Waals surface area contributed by atoms with Crippen LogP contribution in [0.2, 0.25) is 0 Å². The minimum Gasteiger partial charge on any atom is -0.309 e. The summed E-state index contributed by atoms with van der Waals surface area (Å²) in [7, 11) is 0. The van der Waals surface area contributed by atoms with E-state index >= 15 is 0 Å². The Bertz CT molecular complexity index is 3390. The van der Waals surface area contributed by atoms with Crippen molar-refractivity contribution in [3.8, 4) is 22.5 Å². The lowest BCUT2D eigenvalue weighted by Gasteiger charge is -2.28. The molecule has 12 rings (SSSR count). The van der Waals surface area contributed by atoms with Crippen LogP contribution in [0, 0.1) is 5.92 Å². The summed E-state index contributed by atoms with van der Waals surface area (Å²) in [5, 5.41) is 9.04. The first kappa shape index (κ1) is 31.6. The maximum atomic E-state index is 2.51. The van der Waals surface area contributed by atoms with E-state index in [9.17, 15) is 0 Å². The zero-order chi connectivity index (χ0) is 36.9. The fourth-order valence-corrected chi connectivity index (χ4v) is 10.9. The van der Waals surface area contributed by atoms with E-state index in [-0.39, 0.29) is 5.92 Å². The first-order chi connectivity index (χ1) is 27.7. The Labute approximate surface area is 328 Å². The molecular weight excluding hydrogens is 697 g/mol. The van der Waals surface area contributed by atoms with Crippen molar-refractivity contribution >= 4 is 81.9 Å². The van der Waals surface area contributed by atoms with Gasteiger partial charge in [0.1, 0.15) is 0 Å². The van der Waals surface area contributed by atoms with Gasteiger partial charge in [0.25, 0.3) is 0 Å². The summed E-state index contributed by atoms with van der Waals surface area (Å²) in [6.45, 7) is 2.38. The largest absolute Gasteiger partial charge is 0.309 e. The molecule has 0 amide bonds. The van der Waals surface area contributed by atoms with E-state index in [1.165, 1.54) is 103 Å². The molecule has 0 N–H and O–H groups in total. The number of fused-ring (bicyclic) bond motifs is 10. The molecule has 2 unspecified atom stereocenters. The van der Waals surface area contributed by atoms with Crippen LogP contribution in [-0.2, 0) is 0 Å². The van der Waals surface area contributed by atoms with Gasteiger partial charge in [-0.2, -0.15) is 0 Å². The van der Waals surface area contributed by atoms with Crippen molar-refractivity contribution in [3.63, 3.8) is 0 Å². The molecule has 264 valence electrons. The van der Waals surface area contributed by atoms with Crippen LogP contribution in [0.25, 0.3) is 93.0 Å². The van der Waals surface area contributed by atoms with E-state index < -0.39 is 0 Å². The summed E-state index contributed by atoms with van der Waals surface area (Å²) >= 11 is 1.92. The number of benzene rings is 8. The lowest BCUT2D eigenvalue weighted by atomic mass is 9.76. The molecular formula is C53H36N2S. The number of hydrogen-bond donors (Lipinski definition) is 0. The highest BCUT2D eigenvalue weighted by molar-refractivity contribution is 7.20. The fraction of sp³-hybridized carbons (Fsp3) is 0.0566. The molecule has 0 saturated carbocycles. The Morgan fingerprint density at radius 3 is 1.71 bits per heavy atom. The third kappa shape index (κ3) is 4.55. The second kappa shape index (κ2) is 12.2. The summed E-state index contributed by atoms with van der Waals surface area (Å²) in [4.78, 5) is 1.39. The Hall–Kier alpha value is -6.68. The van der Waals surface area contributed by atoms with Crippen LogP contribution in [0.4, 0.5) is 0 Å². The lowest BCUT2D eigenvalue weighted by Crippen LogP contribution is -2.14. The minimum atomic E-state index is 0.274. The normalized spacial score (nSPS) is 15.5. The van der Waals surface area contributed by atoms with Crippen LogP contribution in [0.3, 0.4) is 0 Å². The van der Waals surface area contributed by atoms with Crippen LogP contribution in [-0.4, -0.2) is 9.13 Å². The van der Waals surface area contributed by atoms with Crippen molar-refractivity contribution < 1.29 is 0 Å². The van der Waals surface area contributed by atoms with E-state index in [0.717, 1.165) is 0 Å². The molecule has 0 spiro atoms. The molecule has 2 atom stereocenters. The van der Waals surface area contributed by atoms with Gasteiger partial charge in [-0.15, -0.1) is 11.3 Å². The average molecular weight is 733 g/mol. The van der Waals surface area contributed by atoms with Crippen LogP contribution in [0.15, 0.2) is 182 Å². The average Bonchev–Trinajstić information content (AvgIpc) is 3.91. The van der Waals surface area contributed by atoms with Gasteiger partial charge >= 0.3 is 0 Å². The third-order valence-electron chi connectivity index (χ3n) is 12.3. The maximum absolute atomic E-state index is 2.51.